The Morgan fingerprint density at radius 1 is 1.47 bits per heavy atom. The standard InChI is InChI=1S/C12H17ClN2O3S/c1-18-7-6-15(10-3-4-10)19(16,17)12-5-2-9(14)8-11(12)13/h2,5,8,10H,3-4,6-7,14H2,1H3. The maximum atomic E-state index is 12.6. The molecule has 2 rings (SSSR count). The predicted octanol–water partition coefficient (Wildman–Crippen LogP) is 1.72. The van der Waals surface area contributed by atoms with E-state index >= 15 is 0 Å². The van der Waals surface area contributed by atoms with Gasteiger partial charge in [0.2, 0.25) is 10.0 Å². The summed E-state index contributed by atoms with van der Waals surface area (Å²) < 4.78 is 31.6. The van der Waals surface area contributed by atoms with Gasteiger partial charge in [-0.3, -0.25) is 0 Å². The maximum absolute atomic E-state index is 12.6. The highest BCUT2D eigenvalue weighted by Gasteiger charge is 2.38. The van der Waals surface area contributed by atoms with Crippen LogP contribution in [-0.2, 0) is 14.8 Å². The molecule has 0 heterocycles. The van der Waals surface area contributed by atoms with Gasteiger partial charge in [0, 0.05) is 25.4 Å². The molecule has 0 saturated heterocycles. The minimum Gasteiger partial charge on any atom is -0.399 e. The second-order valence-electron chi connectivity index (χ2n) is 4.53. The number of benzene rings is 1. The number of nitrogens with zero attached hydrogens (tertiary/aromatic N) is 1. The Bertz CT molecular complexity index is 558. The fourth-order valence-electron chi connectivity index (χ4n) is 1.90. The van der Waals surface area contributed by atoms with Crippen LogP contribution in [0.1, 0.15) is 12.8 Å². The van der Waals surface area contributed by atoms with Crippen molar-refractivity contribution in [3.63, 3.8) is 0 Å². The lowest BCUT2D eigenvalue weighted by Gasteiger charge is -2.22. The quantitative estimate of drug-likeness (QED) is 0.812. The summed E-state index contributed by atoms with van der Waals surface area (Å²) in [7, 11) is -2.04. The number of rotatable bonds is 6. The van der Waals surface area contributed by atoms with E-state index in [1.165, 1.54) is 16.4 Å². The van der Waals surface area contributed by atoms with Crippen LogP contribution >= 0.6 is 11.6 Å². The molecule has 0 bridgehead atoms. The Kier molecular flexibility index (Phi) is 4.35. The van der Waals surface area contributed by atoms with Crippen LogP contribution < -0.4 is 5.73 Å². The summed E-state index contributed by atoms with van der Waals surface area (Å²) in [5, 5.41) is 0.156. The Balaban J connectivity index is 2.33. The molecule has 1 aliphatic rings. The normalized spacial score (nSPS) is 15.9. The first-order chi connectivity index (χ1) is 8.96. The van der Waals surface area contributed by atoms with Crippen molar-refractivity contribution in [1.82, 2.24) is 4.31 Å². The highest BCUT2D eigenvalue weighted by atomic mass is 35.5. The van der Waals surface area contributed by atoms with Crippen molar-refractivity contribution in [2.45, 2.75) is 23.8 Å². The van der Waals surface area contributed by atoms with Gasteiger partial charge in [-0.1, -0.05) is 11.6 Å². The Labute approximate surface area is 118 Å². The van der Waals surface area contributed by atoms with Crippen LogP contribution in [0.15, 0.2) is 23.1 Å². The lowest BCUT2D eigenvalue weighted by Crippen LogP contribution is -2.36. The number of ether oxygens (including phenoxy) is 1. The molecule has 1 fully saturated rings. The van der Waals surface area contributed by atoms with Crippen LogP contribution in [0, 0.1) is 0 Å². The SMILES string of the molecule is COCCN(C1CC1)S(=O)(=O)c1ccc(N)cc1Cl. The first-order valence-electron chi connectivity index (χ1n) is 6.02. The molecule has 0 atom stereocenters. The molecule has 7 heteroatoms. The van der Waals surface area contributed by atoms with Gasteiger partial charge in [-0.05, 0) is 31.0 Å². The molecule has 5 nitrogen and oxygen atoms in total. The highest BCUT2D eigenvalue weighted by Crippen LogP contribution is 2.34. The fourth-order valence-corrected chi connectivity index (χ4v) is 4.09. The van der Waals surface area contributed by atoms with Crippen molar-refractivity contribution < 1.29 is 13.2 Å². The lowest BCUT2D eigenvalue weighted by molar-refractivity contribution is 0.177. The molecule has 0 unspecified atom stereocenters. The number of nitrogens with two attached hydrogens (primary N) is 1. The molecular weight excluding hydrogens is 288 g/mol. The zero-order chi connectivity index (χ0) is 14.0. The van der Waals surface area contributed by atoms with Gasteiger partial charge in [0.05, 0.1) is 11.6 Å². The van der Waals surface area contributed by atoms with Crippen molar-refractivity contribution in [3.05, 3.63) is 23.2 Å². The molecule has 19 heavy (non-hydrogen) atoms. The van der Waals surface area contributed by atoms with Crippen molar-refractivity contribution in [3.8, 4) is 0 Å². The van der Waals surface area contributed by atoms with Crippen LogP contribution in [0.25, 0.3) is 0 Å². The summed E-state index contributed by atoms with van der Waals surface area (Å²) in [6, 6.07) is 4.51. The average molecular weight is 305 g/mol. The van der Waals surface area contributed by atoms with E-state index in [2.05, 4.69) is 0 Å². The number of hydrogen-bond acceptors (Lipinski definition) is 4. The van der Waals surface area contributed by atoms with Crippen LogP contribution in [0.4, 0.5) is 5.69 Å². The molecular formula is C12H17ClN2O3S. The van der Waals surface area contributed by atoms with Gasteiger partial charge in [-0.2, -0.15) is 4.31 Å². The first-order valence-corrected chi connectivity index (χ1v) is 7.84. The fraction of sp³-hybridized carbons (Fsp3) is 0.500. The van der Waals surface area contributed by atoms with Crippen molar-refractivity contribution in [1.29, 1.82) is 0 Å². The van der Waals surface area contributed by atoms with Crippen molar-refractivity contribution in [2.24, 2.45) is 0 Å². The summed E-state index contributed by atoms with van der Waals surface area (Å²) >= 11 is 6.00. The van der Waals surface area contributed by atoms with Crippen LogP contribution in [0.3, 0.4) is 0 Å². The van der Waals surface area contributed by atoms with E-state index in [0.29, 0.717) is 18.8 Å². The van der Waals surface area contributed by atoms with E-state index in [1.807, 2.05) is 0 Å². The van der Waals surface area contributed by atoms with Crippen molar-refractivity contribution >= 4 is 27.3 Å². The van der Waals surface area contributed by atoms with Gasteiger partial charge in [-0.15, -0.1) is 0 Å². The second kappa shape index (κ2) is 5.66. The Morgan fingerprint density at radius 2 is 2.16 bits per heavy atom. The molecule has 0 aromatic heterocycles. The van der Waals surface area contributed by atoms with Crippen molar-refractivity contribution in [2.75, 3.05) is 26.0 Å². The topological polar surface area (TPSA) is 72.6 Å². The first kappa shape index (κ1) is 14.6. The third-order valence-electron chi connectivity index (χ3n) is 3.01. The van der Waals surface area contributed by atoms with E-state index in [0.717, 1.165) is 12.8 Å². The lowest BCUT2D eigenvalue weighted by atomic mass is 10.3. The Morgan fingerprint density at radius 3 is 2.68 bits per heavy atom. The molecule has 0 radical (unpaired) electrons. The van der Waals surface area contributed by atoms with Gasteiger partial charge in [0.15, 0.2) is 0 Å². The van der Waals surface area contributed by atoms with E-state index in [9.17, 15) is 8.42 Å². The van der Waals surface area contributed by atoms with E-state index in [4.69, 9.17) is 22.1 Å². The smallest absolute Gasteiger partial charge is 0.244 e. The summed E-state index contributed by atoms with van der Waals surface area (Å²) in [6.07, 6.45) is 1.77. The molecule has 1 aromatic carbocycles. The number of halogens is 1. The van der Waals surface area contributed by atoms with Crippen LogP contribution in [0.2, 0.25) is 5.02 Å². The van der Waals surface area contributed by atoms with Gasteiger partial charge in [0.25, 0.3) is 0 Å². The summed E-state index contributed by atoms with van der Waals surface area (Å²) in [5.74, 6) is 0. The molecule has 0 aliphatic heterocycles. The predicted molar refractivity (Wildman–Crippen MR) is 74.7 cm³/mol. The number of sulfonamides is 1. The average Bonchev–Trinajstić information content (AvgIpc) is 3.13. The number of anilines is 1. The van der Waals surface area contributed by atoms with E-state index < -0.39 is 10.0 Å². The van der Waals surface area contributed by atoms with Gasteiger partial charge >= 0.3 is 0 Å². The number of nitrogen functional groups attached to an aromatic ring is 1. The third kappa shape index (κ3) is 3.20. The Hall–Kier alpha value is -0.820. The molecule has 2 N–H and O–H groups in total. The monoisotopic (exact) mass is 304 g/mol. The van der Waals surface area contributed by atoms with Gasteiger partial charge < -0.3 is 10.5 Å². The molecule has 106 valence electrons. The zero-order valence-corrected chi connectivity index (χ0v) is 12.2. The minimum atomic E-state index is -3.59. The van der Waals surface area contributed by atoms with E-state index in [-0.39, 0.29) is 16.0 Å². The third-order valence-corrected chi connectivity index (χ3v) is 5.45. The second-order valence-corrected chi connectivity index (χ2v) is 6.80. The zero-order valence-electron chi connectivity index (χ0n) is 10.7. The van der Waals surface area contributed by atoms with Gasteiger partial charge in [0.1, 0.15) is 4.90 Å². The van der Waals surface area contributed by atoms with Crippen LogP contribution in [0.5, 0.6) is 0 Å². The summed E-state index contributed by atoms with van der Waals surface area (Å²) in [4.78, 5) is 0.103. The summed E-state index contributed by atoms with van der Waals surface area (Å²) in [6.45, 7) is 0.701. The number of hydrogen-bond donors (Lipinski definition) is 1. The van der Waals surface area contributed by atoms with E-state index in [1.54, 1.807) is 13.2 Å². The molecule has 1 aliphatic carbocycles. The number of methoxy groups -OCH3 is 1. The van der Waals surface area contributed by atoms with Gasteiger partial charge in [-0.25, -0.2) is 8.42 Å². The molecule has 0 spiro atoms. The largest absolute Gasteiger partial charge is 0.399 e. The maximum Gasteiger partial charge on any atom is 0.244 e. The summed E-state index contributed by atoms with van der Waals surface area (Å²) in [5.41, 5.74) is 6.03. The molecule has 0 amide bonds. The molecule has 1 saturated carbocycles. The minimum absolute atomic E-state index is 0.0637. The van der Waals surface area contributed by atoms with Crippen LogP contribution in [-0.4, -0.2) is 39.0 Å². The molecule has 1 aromatic rings. The highest BCUT2D eigenvalue weighted by molar-refractivity contribution is 7.89.